The van der Waals surface area contributed by atoms with Crippen molar-refractivity contribution < 1.29 is 9.59 Å². The Morgan fingerprint density at radius 2 is 2.14 bits per heavy atom. The topological polar surface area (TPSA) is 66.4 Å². The van der Waals surface area contributed by atoms with E-state index in [1.807, 2.05) is 0 Å². The number of rotatable bonds is 1. The molecule has 0 N–H and O–H groups in total. The second-order valence-electron chi connectivity index (χ2n) is 5.20. The molecule has 1 aromatic heterocycles. The molecule has 8 heteroatoms. The van der Waals surface area contributed by atoms with Gasteiger partial charge in [-0.25, -0.2) is 0 Å². The summed E-state index contributed by atoms with van der Waals surface area (Å²) in [7, 11) is 0. The zero-order chi connectivity index (χ0) is 14.6. The standard InChI is InChI=1S/C13H11ClN4O2S/c14-7-3-4-8-11(16-21-15-8)12(7)18-6-10(19)17-5-1-2-9(17)13(18)20/h3-4,9H,1-2,5-6H2. The molecule has 3 heterocycles. The van der Waals surface area contributed by atoms with Gasteiger partial charge in [0, 0.05) is 6.54 Å². The molecule has 108 valence electrons. The van der Waals surface area contributed by atoms with Crippen molar-refractivity contribution in [2.24, 2.45) is 0 Å². The monoisotopic (exact) mass is 322 g/mol. The molecular formula is C13H11ClN4O2S. The first-order valence-electron chi connectivity index (χ1n) is 6.68. The summed E-state index contributed by atoms with van der Waals surface area (Å²) in [5.74, 6) is -0.108. The predicted molar refractivity (Wildman–Crippen MR) is 79.5 cm³/mol. The van der Waals surface area contributed by atoms with Crippen molar-refractivity contribution in [2.45, 2.75) is 18.9 Å². The summed E-state index contributed by atoms with van der Waals surface area (Å²) in [4.78, 5) is 28.1. The summed E-state index contributed by atoms with van der Waals surface area (Å²) < 4.78 is 8.39. The van der Waals surface area contributed by atoms with E-state index in [1.165, 1.54) is 4.90 Å². The van der Waals surface area contributed by atoms with Gasteiger partial charge in [0.15, 0.2) is 0 Å². The van der Waals surface area contributed by atoms with Crippen LogP contribution in [0.3, 0.4) is 0 Å². The van der Waals surface area contributed by atoms with E-state index in [2.05, 4.69) is 8.75 Å². The van der Waals surface area contributed by atoms with Crippen LogP contribution < -0.4 is 4.90 Å². The molecule has 0 spiro atoms. The normalized spacial score (nSPS) is 22.2. The summed E-state index contributed by atoms with van der Waals surface area (Å²) in [6.07, 6.45) is 1.58. The Balaban J connectivity index is 1.84. The fourth-order valence-corrected chi connectivity index (χ4v) is 3.86. The molecule has 0 bridgehead atoms. The Hall–Kier alpha value is -1.73. The van der Waals surface area contributed by atoms with E-state index in [9.17, 15) is 9.59 Å². The first-order chi connectivity index (χ1) is 10.2. The molecule has 2 amide bonds. The Morgan fingerprint density at radius 1 is 1.29 bits per heavy atom. The number of aromatic nitrogens is 2. The number of halogens is 1. The van der Waals surface area contributed by atoms with Crippen LogP contribution in [0.2, 0.25) is 5.02 Å². The lowest BCUT2D eigenvalue weighted by Crippen LogP contribution is -2.57. The molecule has 1 aromatic carbocycles. The largest absolute Gasteiger partial charge is 0.329 e. The highest BCUT2D eigenvalue weighted by Crippen LogP contribution is 2.36. The van der Waals surface area contributed by atoms with Crippen LogP contribution >= 0.6 is 23.3 Å². The average molecular weight is 323 g/mol. The van der Waals surface area contributed by atoms with E-state index in [0.29, 0.717) is 34.7 Å². The fourth-order valence-electron chi connectivity index (χ4n) is 3.07. The van der Waals surface area contributed by atoms with Gasteiger partial charge in [0.1, 0.15) is 23.6 Å². The number of anilines is 1. The SMILES string of the molecule is O=C1C2CCCN2C(=O)CN1c1c(Cl)ccc2nsnc12. The van der Waals surface area contributed by atoms with Crippen LogP contribution in [0.15, 0.2) is 12.1 Å². The highest BCUT2D eigenvalue weighted by molar-refractivity contribution is 7.00. The van der Waals surface area contributed by atoms with Crippen molar-refractivity contribution in [1.29, 1.82) is 0 Å². The molecule has 0 saturated carbocycles. The maximum atomic E-state index is 12.7. The van der Waals surface area contributed by atoms with Crippen molar-refractivity contribution in [1.82, 2.24) is 13.6 Å². The number of benzene rings is 1. The van der Waals surface area contributed by atoms with E-state index in [-0.39, 0.29) is 24.4 Å². The summed E-state index contributed by atoms with van der Waals surface area (Å²) in [5, 5.41) is 0.419. The Kier molecular flexibility index (Phi) is 2.87. The quantitative estimate of drug-likeness (QED) is 0.801. The van der Waals surface area contributed by atoms with E-state index in [0.717, 1.165) is 18.1 Å². The third kappa shape index (κ3) is 1.84. The van der Waals surface area contributed by atoms with Gasteiger partial charge in [-0.3, -0.25) is 14.5 Å². The van der Waals surface area contributed by atoms with Crippen molar-refractivity contribution in [3.8, 4) is 0 Å². The third-order valence-electron chi connectivity index (χ3n) is 4.04. The molecule has 2 aromatic rings. The number of hydrogen-bond acceptors (Lipinski definition) is 5. The number of carbonyl (C=O) groups is 2. The van der Waals surface area contributed by atoms with E-state index < -0.39 is 0 Å². The first-order valence-corrected chi connectivity index (χ1v) is 7.79. The zero-order valence-electron chi connectivity index (χ0n) is 11.0. The van der Waals surface area contributed by atoms with Crippen molar-refractivity contribution in [3.63, 3.8) is 0 Å². The molecule has 2 fully saturated rings. The van der Waals surface area contributed by atoms with Gasteiger partial charge in [0.25, 0.3) is 0 Å². The number of piperazine rings is 1. The Labute approximate surface area is 129 Å². The highest BCUT2D eigenvalue weighted by atomic mass is 35.5. The molecule has 2 saturated heterocycles. The van der Waals surface area contributed by atoms with Gasteiger partial charge in [-0.15, -0.1) is 0 Å². The van der Waals surface area contributed by atoms with Gasteiger partial charge in [-0.2, -0.15) is 8.75 Å². The molecule has 2 aliphatic rings. The number of hydrogen-bond donors (Lipinski definition) is 0. The lowest BCUT2D eigenvalue weighted by Gasteiger charge is -2.36. The molecule has 1 atom stereocenters. The van der Waals surface area contributed by atoms with Gasteiger partial charge in [0.05, 0.1) is 22.4 Å². The van der Waals surface area contributed by atoms with E-state index >= 15 is 0 Å². The predicted octanol–water partition coefficient (Wildman–Crippen LogP) is 1.68. The molecular weight excluding hydrogens is 312 g/mol. The number of nitrogens with zero attached hydrogens (tertiary/aromatic N) is 4. The minimum absolute atomic E-state index is 0.0195. The maximum Gasteiger partial charge on any atom is 0.250 e. The molecule has 1 unspecified atom stereocenters. The van der Waals surface area contributed by atoms with Crippen LogP contribution in [0, 0.1) is 0 Å². The van der Waals surface area contributed by atoms with Crippen LogP contribution in [0.1, 0.15) is 12.8 Å². The molecule has 6 nitrogen and oxygen atoms in total. The average Bonchev–Trinajstić information content (AvgIpc) is 3.12. The lowest BCUT2D eigenvalue weighted by atomic mass is 10.1. The number of amides is 2. The molecule has 21 heavy (non-hydrogen) atoms. The Bertz CT molecular complexity index is 762. The molecule has 2 aliphatic heterocycles. The van der Waals surface area contributed by atoms with Crippen LogP contribution in [0.4, 0.5) is 5.69 Å². The Morgan fingerprint density at radius 3 is 3.00 bits per heavy atom. The van der Waals surface area contributed by atoms with Gasteiger partial charge >= 0.3 is 0 Å². The van der Waals surface area contributed by atoms with E-state index in [1.54, 1.807) is 17.0 Å². The van der Waals surface area contributed by atoms with Crippen LogP contribution in [-0.4, -0.2) is 44.6 Å². The van der Waals surface area contributed by atoms with E-state index in [4.69, 9.17) is 11.6 Å². The lowest BCUT2D eigenvalue weighted by molar-refractivity contribution is -0.140. The first kappa shape index (κ1) is 13.0. The van der Waals surface area contributed by atoms with Gasteiger partial charge in [-0.1, -0.05) is 11.6 Å². The van der Waals surface area contributed by atoms with Crippen molar-refractivity contribution in [2.75, 3.05) is 18.0 Å². The fraction of sp³-hybridized carbons (Fsp3) is 0.385. The van der Waals surface area contributed by atoms with Crippen molar-refractivity contribution >= 4 is 51.9 Å². The second kappa shape index (κ2) is 4.64. The third-order valence-corrected chi connectivity index (χ3v) is 4.89. The van der Waals surface area contributed by atoms with Crippen LogP contribution in [0.25, 0.3) is 11.0 Å². The van der Waals surface area contributed by atoms with Gasteiger partial charge in [0.2, 0.25) is 11.8 Å². The summed E-state index contributed by atoms with van der Waals surface area (Å²) in [6, 6.07) is 3.10. The van der Waals surface area contributed by atoms with Crippen LogP contribution in [0.5, 0.6) is 0 Å². The second-order valence-corrected chi connectivity index (χ2v) is 6.13. The smallest absolute Gasteiger partial charge is 0.250 e. The minimum Gasteiger partial charge on any atom is -0.329 e. The molecule has 4 rings (SSSR count). The minimum atomic E-state index is -0.357. The summed E-state index contributed by atoms with van der Waals surface area (Å²) in [5.41, 5.74) is 1.78. The van der Waals surface area contributed by atoms with Gasteiger partial charge < -0.3 is 4.90 Å². The summed E-state index contributed by atoms with van der Waals surface area (Å²) in [6.45, 7) is 0.685. The summed E-state index contributed by atoms with van der Waals surface area (Å²) >= 11 is 7.34. The van der Waals surface area contributed by atoms with Crippen molar-refractivity contribution in [3.05, 3.63) is 17.2 Å². The molecule has 0 aliphatic carbocycles. The van der Waals surface area contributed by atoms with Crippen LogP contribution in [-0.2, 0) is 9.59 Å². The van der Waals surface area contributed by atoms with Gasteiger partial charge in [-0.05, 0) is 25.0 Å². The number of carbonyl (C=O) groups excluding carboxylic acids is 2. The zero-order valence-corrected chi connectivity index (χ0v) is 12.5. The maximum absolute atomic E-state index is 12.7. The highest BCUT2D eigenvalue weighted by Gasteiger charge is 2.43. The molecule has 0 radical (unpaired) electrons. The number of fused-ring (bicyclic) bond motifs is 2.